The summed E-state index contributed by atoms with van der Waals surface area (Å²) < 4.78 is 11.5. The van der Waals surface area contributed by atoms with Crippen molar-refractivity contribution < 1.29 is 14.3 Å². The highest BCUT2D eigenvalue weighted by Crippen LogP contribution is 2.59. The number of aryl methyl sites for hydroxylation is 1. The lowest BCUT2D eigenvalue weighted by Crippen LogP contribution is -2.42. The maximum Gasteiger partial charge on any atom is 0.139 e. The Kier molecular flexibility index (Phi) is 4.96. The highest BCUT2D eigenvalue weighted by molar-refractivity contribution is 5.87. The van der Waals surface area contributed by atoms with Crippen LogP contribution in [-0.2, 0) is 16.0 Å². The van der Waals surface area contributed by atoms with Gasteiger partial charge in [0, 0.05) is 31.5 Å². The standard InChI is InChI=1S/C24H33NO3/c1-24-9-8-20-19-5-3-18(28-15-12-25-10-13-27-14-11-25)16-17(19)2-4-21(20)22(24)6-7-23(24)26/h3,5,16,20-22H,2,4,6-15H2,1H3/t20-,21-,22+,24+/m1/s1. The van der Waals surface area contributed by atoms with Crippen molar-refractivity contribution in [1.29, 1.82) is 0 Å². The Bertz CT molecular complexity index is 741. The minimum absolute atomic E-state index is 0.0266. The number of hydrogen-bond acceptors (Lipinski definition) is 4. The summed E-state index contributed by atoms with van der Waals surface area (Å²) >= 11 is 0. The Hall–Kier alpha value is -1.39. The van der Waals surface area contributed by atoms with Gasteiger partial charge in [-0.2, -0.15) is 0 Å². The van der Waals surface area contributed by atoms with Gasteiger partial charge < -0.3 is 9.47 Å². The molecular formula is C24H33NO3. The first-order valence-corrected chi connectivity index (χ1v) is 11.2. The minimum Gasteiger partial charge on any atom is -0.492 e. The van der Waals surface area contributed by atoms with E-state index in [9.17, 15) is 4.79 Å². The number of hydrogen-bond donors (Lipinski definition) is 0. The third kappa shape index (κ3) is 3.19. The molecule has 3 aliphatic carbocycles. The van der Waals surface area contributed by atoms with Crippen LogP contribution in [-0.4, -0.2) is 50.1 Å². The smallest absolute Gasteiger partial charge is 0.139 e. The quantitative estimate of drug-likeness (QED) is 0.792. The van der Waals surface area contributed by atoms with Crippen molar-refractivity contribution in [3.8, 4) is 5.75 Å². The molecule has 4 aliphatic rings. The first kappa shape index (κ1) is 18.6. The highest BCUT2D eigenvalue weighted by atomic mass is 16.5. The largest absolute Gasteiger partial charge is 0.492 e. The number of carbonyl (C=O) groups excluding carboxylic acids is 1. The first-order valence-electron chi connectivity index (χ1n) is 11.2. The van der Waals surface area contributed by atoms with E-state index in [2.05, 4.69) is 30.0 Å². The Morgan fingerprint density at radius 1 is 1.18 bits per heavy atom. The maximum absolute atomic E-state index is 12.5. The average Bonchev–Trinajstić information content (AvgIpc) is 3.03. The first-order chi connectivity index (χ1) is 13.6. The molecule has 2 saturated carbocycles. The van der Waals surface area contributed by atoms with Crippen molar-refractivity contribution in [2.45, 2.75) is 51.4 Å². The number of fused-ring (bicyclic) bond motifs is 5. The van der Waals surface area contributed by atoms with Gasteiger partial charge in [0.1, 0.15) is 18.1 Å². The van der Waals surface area contributed by atoms with Crippen LogP contribution in [0.4, 0.5) is 0 Å². The fraction of sp³-hybridized carbons (Fsp3) is 0.708. The van der Waals surface area contributed by atoms with E-state index in [4.69, 9.17) is 9.47 Å². The van der Waals surface area contributed by atoms with Gasteiger partial charge in [-0.1, -0.05) is 13.0 Å². The highest BCUT2D eigenvalue weighted by Gasteiger charge is 2.54. The fourth-order valence-electron chi connectivity index (χ4n) is 6.54. The van der Waals surface area contributed by atoms with Crippen molar-refractivity contribution in [3.63, 3.8) is 0 Å². The number of benzene rings is 1. The molecule has 4 atom stereocenters. The lowest BCUT2D eigenvalue weighted by atomic mass is 9.55. The van der Waals surface area contributed by atoms with Gasteiger partial charge >= 0.3 is 0 Å². The fourth-order valence-corrected chi connectivity index (χ4v) is 6.54. The Morgan fingerprint density at radius 2 is 2.04 bits per heavy atom. The van der Waals surface area contributed by atoms with E-state index < -0.39 is 0 Å². The number of ether oxygens (including phenoxy) is 2. The van der Waals surface area contributed by atoms with E-state index in [1.54, 1.807) is 0 Å². The number of ketones is 1. The molecule has 3 fully saturated rings. The van der Waals surface area contributed by atoms with E-state index in [-0.39, 0.29) is 5.41 Å². The van der Waals surface area contributed by atoms with Gasteiger partial charge in [0.05, 0.1) is 13.2 Å². The van der Waals surface area contributed by atoms with Gasteiger partial charge in [-0.05, 0) is 73.1 Å². The van der Waals surface area contributed by atoms with Crippen LogP contribution in [0.15, 0.2) is 18.2 Å². The van der Waals surface area contributed by atoms with Gasteiger partial charge in [0.25, 0.3) is 0 Å². The molecule has 0 amide bonds. The third-order valence-corrected chi connectivity index (χ3v) is 8.19. The maximum atomic E-state index is 12.5. The van der Waals surface area contributed by atoms with Gasteiger partial charge in [0.15, 0.2) is 0 Å². The van der Waals surface area contributed by atoms with E-state index >= 15 is 0 Å². The predicted molar refractivity (Wildman–Crippen MR) is 109 cm³/mol. The summed E-state index contributed by atoms with van der Waals surface area (Å²) in [6, 6.07) is 6.79. The molecule has 1 aromatic rings. The van der Waals surface area contributed by atoms with Gasteiger partial charge in [0.2, 0.25) is 0 Å². The topological polar surface area (TPSA) is 38.8 Å². The molecule has 0 aromatic heterocycles. The van der Waals surface area contributed by atoms with Crippen LogP contribution in [0.3, 0.4) is 0 Å². The van der Waals surface area contributed by atoms with E-state index in [0.717, 1.165) is 70.9 Å². The zero-order chi connectivity index (χ0) is 19.1. The van der Waals surface area contributed by atoms with Gasteiger partial charge in [-0.3, -0.25) is 9.69 Å². The minimum atomic E-state index is -0.0266. The van der Waals surface area contributed by atoms with Crippen LogP contribution in [0.5, 0.6) is 5.75 Å². The lowest BCUT2D eigenvalue weighted by Gasteiger charge is -2.48. The van der Waals surface area contributed by atoms with E-state index in [1.807, 2.05) is 0 Å². The molecule has 4 nitrogen and oxygen atoms in total. The molecule has 1 saturated heterocycles. The molecule has 28 heavy (non-hydrogen) atoms. The second kappa shape index (κ2) is 7.46. The Labute approximate surface area is 168 Å². The molecule has 0 bridgehead atoms. The molecule has 0 radical (unpaired) electrons. The molecule has 0 N–H and O–H groups in total. The molecule has 0 unspecified atom stereocenters. The van der Waals surface area contributed by atoms with Crippen LogP contribution in [0.25, 0.3) is 0 Å². The zero-order valence-electron chi connectivity index (χ0n) is 17.1. The van der Waals surface area contributed by atoms with Crippen LogP contribution in [0.1, 0.15) is 56.1 Å². The SMILES string of the molecule is C[C@]12CC[C@@H]3c4ccc(OCCN5CCOCC5)cc4CC[C@H]3[C@@H]1CCC2=O. The van der Waals surface area contributed by atoms with E-state index in [0.29, 0.717) is 23.5 Å². The Morgan fingerprint density at radius 3 is 2.89 bits per heavy atom. The summed E-state index contributed by atoms with van der Waals surface area (Å²) in [7, 11) is 0. The van der Waals surface area contributed by atoms with Crippen molar-refractivity contribution in [1.82, 2.24) is 4.90 Å². The van der Waals surface area contributed by atoms with Crippen molar-refractivity contribution in [2.24, 2.45) is 17.3 Å². The van der Waals surface area contributed by atoms with Crippen molar-refractivity contribution in [2.75, 3.05) is 39.5 Å². The van der Waals surface area contributed by atoms with Crippen LogP contribution in [0, 0.1) is 17.3 Å². The second-order valence-electron chi connectivity index (χ2n) is 9.50. The molecule has 152 valence electrons. The predicted octanol–water partition coefficient (Wildman–Crippen LogP) is 3.82. The summed E-state index contributed by atoms with van der Waals surface area (Å²) in [5.41, 5.74) is 3.00. The number of Topliss-reactive ketones (excluding diaryl/α,β-unsaturated/α-hetero) is 1. The number of nitrogens with zero attached hydrogens (tertiary/aromatic N) is 1. The summed E-state index contributed by atoms with van der Waals surface area (Å²) in [4.78, 5) is 14.9. The number of carbonyl (C=O) groups is 1. The molecular weight excluding hydrogens is 350 g/mol. The number of morpholine rings is 1. The van der Waals surface area contributed by atoms with Crippen LogP contribution in [0.2, 0.25) is 0 Å². The normalized spacial score (nSPS) is 35.2. The second-order valence-corrected chi connectivity index (χ2v) is 9.50. The van der Waals surface area contributed by atoms with Crippen LogP contribution < -0.4 is 4.74 Å². The third-order valence-electron chi connectivity index (χ3n) is 8.19. The van der Waals surface area contributed by atoms with Gasteiger partial charge in [-0.15, -0.1) is 0 Å². The lowest BCUT2D eigenvalue weighted by molar-refractivity contribution is -0.129. The molecule has 1 aromatic carbocycles. The molecule has 1 heterocycles. The molecule has 4 heteroatoms. The summed E-state index contributed by atoms with van der Waals surface area (Å²) in [6.07, 6.45) is 6.56. The molecule has 1 aliphatic heterocycles. The van der Waals surface area contributed by atoms with Crippen LogP contribution >= 0.6 is 0 Å². The van der Waals surface area contributed by atoms with E-state index in [1.165, 1.54) is 24.0 Å². The molecule has 5 rings (SSSR count). The average molecular weight is 384 g/mol. The summed E-state index contributed by atoms with van der Waals surface area (Å²) in [6.45, 7) is 7.68. The van der Waals surface area contributed by atoms with Gasteiger partial charge in [-0.25, -0.2) is 0 Å². The zero-order valence-corrected chi connectivity index (χ0v) is 17.1. The Balaban J connectivity index is 1.25. The van der Waals surface area contributed by atoms with Crippen molar-refractivity contribution in [3.05, 3.63) is 29.3 Å². The molecule has 0 spiro atoms. The summed E-state index contributed by atoms with van der Waals surface area (Å²) in [5, 5.41) is 0. The monoisotopic (exact) mass is 383 g/mol. The summed E-state index contributed by atoms with van der Waals surface area (Å²) in [5.74, 6) is 3.50. The number of rotatable bonds is 4. The van der Waals surface area contributed by atoms with Crippen molar-refractivity contribution >= 4 is 5.78 Å².